The highest BCUT2D eigenvalue weighted by molar-refractivity contribution is 6.30. The Morgan fingerprint density at radius 3 is 2.46 bits per heavy atom. The molecule has 3 aromatic rings. The SMILES string of the molecule is CC(c1nc2c(cnn2C2CCOCC2)c(=O)[nH]1)N1CC(Oc2ccc(Cl)cc2)C1.O=C(O)C(F)(F)F. The molecular weight excluding hydrogens is 519 g/mol. The number of likely N-dealkylation sites (tertiary alicyclic amines) is 1. The molecule has 2 fully saturated rings. The van der Waals surface area contributed by atoms with E-state index in [1.54, 1.807) is 6.20 Å². The highest BCUT2D eigenvalue weighted by atomic mass is 35.5. The minimum Gasteiger partial charge on any atom is -0.488 e. The van der Waals surface area contributed by atoms with E-state index in [1.165, 1.54) is 0 Å². The number of hydrogen-bond donors (Lipinski definition) is 2. The molecule has 2 aliphatic rings. The number of alkyl halides is 3. The molecule has 4 heterocycles. The van der Waals surface area contributed by atoms with E-state index in [0.717, 1.165) is 31.7 Å². The van der Waals surface area contributed by atoms with Crippen LogP contribution in [-0.2, 0) is 9.53 Å². The molecule has 200 valence electrons. The highest BCUT2D eigenvalue weighted by Crippen LogP contribution is 2.28. The van der Waals surface area contributed by atoms with Gasteiger partial charge in [0.25, 0.3) is 5.56 Å². The summed E-state index contributed by atoms with van der Waals surface area (Å²) in [6.45, 7) is 5.01. The molecule has 14 heteroatoms. The summed E-state index contributed by atoms with van der Waals surface area (Å²) in [7, 11) is 0. The Kier molecular flexibility index (Phi) is 8.05. The van der Waals surface area contributed by atoms with Crippen LogP contribution in [0.25, 0.3) is 11.0 Å². The number of fused-ring (bicyclic) bond motifs is 1. The van der Waals surface area contributed by atoms with Gasteiger partial charge in [-0.2, -0.15) is 18.3 Å². The number of nitrogens with one attached hydrogen (secondary N) is 1. The smallest absolute Gasteiger partial charge is 0.488 e. The maximum Gasteiger partial charge on any atom is 0.490 e. The first kappa shape index (κ1) is 26.9. The summed E-state index contributed by atoms with van der Waals surface area (Å²) in [5.41, 5.74) is 0.511. The van der Waals surface area contributed by atoms with E-state index in [9.17, 15) is 18.0 Å². The second-order valence-corrected chi connectivity index (χ2v) is 9.18. The van der Waals surface area contributed by atoms with Crippen LogP contribution < -0.4 is 10.3 Å². The van der Waals surface area contributed by atoms with Gasteiger partial charge in [-0.05, 0) is 44.0 Å². The Bertz CT molecular complexity index is 1280. The van der Waals surface area contributed by atoms with Crippen molar-refractivity contribution in [2.45, 2.75) is 44.1 Å². The van der Waals surface area contributed by atoms with Crippen LogP contribution in [0.15, 0.2) is 35.3 Å². The van der Waals surface area contributed by atoms with E-state index in [0.29, 0.717) is 35.1 Å². The summed E-state index contributed by atoms with van der Waals surface area (Å²) in [4.78, 5) is 31.5. The van der Waals surface area contributed by atoms with Crippen LogP contribution >= 0.6 is 11.6 Å². The summed E-state index contributed by atoms with van der Waals surface area (Å²) in [5.74, 6) is -1.29. The number of rotatable bonds is 5. The summed E-state index contributed by atoms with van der Waals surface area (Å²) >= 11 is 5.92. The molecule has 5 rings (SSSR count). The molecule has 1 unspecified atom stereocenters. The fourth-order valence-electron chi connectivity index (χ4n) is 4.09. The lowest BCUT2D eigenvalue weighted by Gasteiger charge is -2.42. The number of H-pyrrole nitrogens is 1. The number of benzene rings is 1. The molecule has 2 aromatic heterocycles. The van der Waals surface area contributed by atoms with Gasteiger partial charge in [0.2, 0.25) is 0 Å². The van der Waals surface area contributed by atoms with Crippen molar-refractivity contribution in [1.29, 1.82) is 0 Å². The van der Waals surface area contributed by atoms with Crippen LogP contribution in [0.5, 0.6) is 5.75 Å². The van der Waals surface area contributed by atoms with Crippen molar-refractivity contribution in [3.63, 3.8) is 0 Å². The van der Waals surface area contributed by atoms with Crippen molar-refractivity contribution in [2.24, 2.45) is 0 Å². The zero-order valence-electron chi connectivity index (χ0n) is 19.7. The number of nitrogens with zero attached hydrogens (tertiary/aromatic N) is 4. The van der Waals surface area contributed by atoms with Gasteiger partial charge in [0.05, 0.1) is 18.3 Å². The van der Waals surface area contributed by atoms with Crippen molar-refractivity contribution in [1.82, 2.24) is 24.6 Å². The van der Waals surface area contributed by atoms with Gasteiger partial charge in [-0.3, -0.25) is 9.69 Å². The zero-order chi connectivity index (χ0) is 26.7. The van der Waals surface area contributed by atoms with E-state index < -0.39 is 12.1 Å². The molecule has 0 bridgehead atoms. The number of carbonyl (C=O) groups is 1. The Balaban J connectivity index is 0.000000405. The van der Waals surface area contributed by atoms with Gasteiger partial charge in [0.15, 0.2) is 5.65 Å². The number of carboxylic acid groups (broad SMARTS) is 1. The molecule has 2 aliphatic heterocycles. The average molecular weight is 544 g/mol. The van der Waals surface area contributed by atoms with Gasteiger partial charge in [-0.25, -0.2) is 14.5 Å². The Morgan fingerprint density at radius 1 is 1.24 bits per heavy atom. The van der Waals surface area contributed by atoms with Gasteiger partial charge in [0.1, 0.15) is 23.1 Å². The number of carboxylic acids is 1. The van der Waals surface area contributed by atoms with Crippen molar-refractivity contribution in [3.05, 3.63) is 51.7 Å². The molecule has 1 atom stereocenters. The summed E-state index contributed by atoms with van der Waals surface area (Å²) in [6.07, 6.45) is -1.60. The van der Waals surface area contributed by atoms with Gasteiger partial charge in [0, 0.05) is 31.3 Å². The number of aliphatic carboxylic acids is 1. The Labute approximate surface area is 213 Å². The molecule has 0 radical (unpaired) electrons. The first-order valence-electron chi connectivity index (χ1n) is 11.5. The van der Waals surface area contributed by atoms with Crippen LogP contribution in [-0.4, -0.2) is 74.3 Å². The normalized spacial score (nSPS) is 18.1. The van der Waals surface area contributed by atoms with Crippen LogP contribution in [0.4, 0.5) is 13.2 Å². The Hall–Kier alpha value is -3.16. The second kappa shape index (κ2) is 11.1. The van der Waals surface area contributed by atoms with Crippen LogP contribution in [0.3, 0.4) is 0 Å². The van der Waals surface area contributed by atoms with Gasteiger partial charge >= 0.3 is 12.1 Å². The lowest BCUT2D eigenvalue weighted by atomic mass is 10.1. The molecule has 10 nitrogen and oxygen atoms in total. The molecule has 0 amide bonds. The number of ether oxygens (including phenoxy) is 2. The van der Waals surface area contributed by atoms with Crippen LogP contribution in [0.2, 0.25) is 5.02 Å². The van der Waals surface area contributed by atoms with Crippen molar-refractivity contribution in [3.8, 4) is 5.75 Å². The molecule has 2 N–H and O–H groups in total. The molecule has 1 aromatic carbocycles. The molecule has 0 aliphatic carbocycles. The lowest BCUT2D eigenvalue weighted by Crippen LogP contribution is -2.54. The minimum absolute atomic E-state index is 0.0230. The van der Waals surface area contributed by atoms with Gasteiger partial charge < -0.3 is 19.6 Å². The van der Waals surface area contributed by atoms with E-state index in [4.69, 9.17) is 36.0 Å². The fraction of sp³-hybridized carbons (Fsp3) is 0.478. The summed E-state index contributed by atoms with van der Waals surface area (Å²) < 4.78 is 45.1. The topological polar surface area (TPSA) is 123 Å². The van der Waals surface area contributed by atoms with Gasteiger partial charge in [-0.15, -0.1) is 0 Å². The molecule has 37 heavy (non-hydrogen) atoms. The summed E-state index contributed by atoms with van der Waals surface area (Å²) in [6, 6.07) is 7.58. The van der Waals surface area contributed by atoms with Crippen molar-refractivity contribution >= 4 is 28.6 Å². The number of halogens is 4. The van der Waals surface area contributed by atoms with Crippen LogP contribution in [0.1, 0.15) is 37.7 Å². The van der Waals surface area contributed by atoms with Crippen LogP contribution in [0, 0.1) is 0 Å². The molecular formula is C23H25ClF3N5O5. The Morgan fingerprint density at radius 2 is 1.86 bits per heavy atom. The molecule has 0 spiro atoms. The third kappa shape index (κ3) is 6.40. The fourth-order valence-corrected chi connectivity index (χ4v) is 4.21. The number of aromatic nitrogens is 4. The van der Waals surface area contributed by atoms with E-state index in [1.807, 2.05) is 28.9 Å². The summed E-state index contributed by atoms with van der Waals surface area (Å²) in [5, 5.41) is 12.8. The van der Waals surface area contributed by atoms with Crippen molar-refractivity contribution < 1.29 is 32.5 Å². The largest absolute Gasteiger partial charge is 0.490 e. The lowest BCUT2D eigenvalue weighted by molar-refractivity contribution is -0.192. The predicted octanol–water partition coefficient (Wildman–Crippen LogP) is 3.58. The van der Waals surface area contributed by atoms with E-state index in [-0.39, 0.29) is 23.7 Å². The quantitative estimate of drug-likeness (QED) is 0.501. The predicted molar refractivity (Wildman–Crippen MR) is 127 cm³/mol. The average Bonchev–Trinajstić information content (AvgIpc) is 3.27. The monoisotopic (exact) mass is 543 g/mol. The van der Waals surface area contributed by atoms with Crippen molar-refractivity contribution in [2.75, 3.05) is 26.3 Å². The highest BCUT2D eigenvalue weighted by Gasteiger charge is 2.38. The maximum absolute atomic E-state index is 12.6. The number of aromatic amines is 1. The maximum atomic E-state index is 12.6. The van der Waals surface area contributed by atoms with E-state index >= 15 is 0 Å². The standard InChI is InChI=1S/C21H24ClN5O3.C2HF3O2/c1-13(26-11-17(12-26)30-16-4-2-14(22)3-5-16)19-24-20-18(21(28)25-19)10-23-27(20)15-6-8-29-9-7-15;3-2(4,5)1(6)7/h2-5,10,13,15,17H,6-9,11-12H2,1H3,(H,24,25,28);(H,6,7). The third-order valence-electron chi connectivity index (χ3n) is 6.20. The first-order valence-corrected chi connectivity index (χ1v) is 11.9. The van der Waals surface area contributed by atoms with E-state index in [2.05, 4.69) is 21.9 Å². The van der Waals surface area contributed by atoms with Gasteiger partial charge in [-0.1, -0.05) is 11.6 Å². The first-order chi connectivity index (χ1) is 17.5. The molecule has 0 saturated carbocycles. The number of hydrogen-bond acceptors (Lipinski definition) is 7. The minimum atomic E-state index is -5.08. The second-order valence-electron chi connectivity index (χ2n) is 8.75. The zero-order valence-corrected chi connectivity index (χ0v) is 20.5. The molecule has 2 saturated heterocycles. The third-order valence-corrected chi connectivity index (χ3v) is 6.45.